The average molecular weight is 239 g/mol. The molecule has 96 valence electrons. The second-order valence-electron chi connectivity index (χ2n) is 5.29. The van der Waals surface area contributed by atoms with Gasteiger partial charge in [-0.3, -0.25) is 4.79 Å². The molecule has 2 aliphatic rings. The lowest BCUT2D eigenvalue weighted by Gasteiger charge is -2.20. The maximum Gasteiger partial charge on any atom is 0.317 e. The Labute approximate surface area is 102 Å². The van der Waals surface area contributed by atoms with Gasteiger partial charge in [0.1, 0.15) is 0 Å². The van der Waals surface area contributed by atoms with E-state index >= 15 is 0 Å². The molecule has 2 rings (SSSR count). The highest BCUT2D eigenvalue weighted by Crippen LogP contribution is 2.37. The summed E-state index contributed by atoms with van der Waals surface area (Å²) in [4.78, 5) is 24.8. The van der Waals surface area contributed by atoms with Crippen LogP contribution >= 0.6 is 0 Å². The molecule has 1 aliphatic heterocycles. The maximum atomic E-state index is 12.0. The molecule has 5 nitrogen and oxygen atoms in total. The predicted molar refractivity (Wildman–Crippen MR) is 64.5 cm³/mol. The van der Waals surface area contributed by atoms with Crippen LogP contribution in [0.2, 0.25) is 0 Å². The van der Waals surface area contributed by atoms with Gasteiger partial charge in [-0.05, 0) is 18.3 Å². The van der Waals surface area contributed by atoms with Crippen molar-refractivity contribution >= 4 is 11.9 Å². The van der Waals surface area contributed by atoms with E-state index in [1.807, 2.05) is 0 Å². The molecule has 1 saturated heterocycles. The summed E-state index contributed by atoms with van der Waals surface area (Å²) >= 11 is 0. The summed E-state index contributed by atoms with van der Waals surface area (Å²) in [5.41, 5.74) is 0. The van der Waals surface area contributed by atoms with E-state index in [1.54, 1.807) is 4.90 Å². The monoisotopic (exact) mass is 239 g/mol. The Morgan fingerprint density at radius 1 is 1.47 bits per heavy atom. The van der Waals surface area contributed by atoms with Crippen molar-refractivity contribution in [2.45, 2.75) is 32.7 Å². The Balaban J connectivity index is 1.78. The Hall–Kier alpha value is -1.26. The number of hydrogen-bond donors (Lipinski definition) is 2. The van der Waals surface area contributed by atoms with Crippen LogP contribution in [0.5, 0.6) is 0 Å². The van der Waals surface area contributed by atoms with Crippen molar-refractivity contribution in [2.24, 2.45) is 11.8 Å². The van der Waals surface area contributed by atoms with Crippen molar-refractivity contribution in [1.82, 2.24) is 15.5 Å². The summed E-state index contributed by atoms with van der Waals surface area (Å²) < 4.78 is 0. The van der Waals surface area contributed by atoms with Crippen molar-refractivity contribution in [3.63, 3.8) is 0 Å². The molecule has 2 N–H and O–H groups in total. The van der Waals surface area contributed by atoms with Crippen LogP contribution in [0.25, 0.3) is 0 Å². The molecule has 1 saturated carbocycles. The number of amides is 3. The largest absolute Gasteiger partial charge is 0.354 e. The molecule has 0 aromatic heterocycles. The Morgan fingerprint density at radius 2 is 2.24 bits per heavy atom. The van der Waals surface area contributed by atoms with E-state index in [0.29, 0.717) is 43.9 Å². The van der Waals surface area contributed by atoms with E-state index in [0.717, 1.165) is 6.42 Å². The van der Waals surface area contributed by atoms with Crippen molar-refractivity contribution < 1.29 is 9.59 Å². The lowest BCUT2D eigenvalue weighted by Crippen LogP contribution is -2.43. The molecule has 0 aromatic rings. The first-order valence-corrected chi connectivity index (χ1v) is 6.40. The lowest BCUT2D eigenvalue weighted by molar-refractivity contribution is -0.120. The van der Waals surface area contributed by atoms with Crippen molar-refractivity contribution in [3.05, 3.63) is 0 Å². The molecule has 1 aliphatic carbocycles. The van der Waals surface area contributed by atoms with Gasteiger partial charge in [0.25, 0.3) is 0 Å². The van der Waals surface area contributed by atoms with Gasteiger partial charge >= 0.3 is 6.03 Å². The second-order valence-corrected chi connectivity index (χ2v) is 5.29. The zero-order valence-corrected chi connectivity index (χ0v) is 10.5. The molecular formula is C12H21N3O2. The fraction of sp³-hybridized carbons (Fsp3) is 0.833. The number of carbonyl (C=O) groups is 2. The second kappa shape index (κ2) is 4.94. The van der Waals surface area contributed by atoms with Crippen LogP contribution in [-0.4, -0.2) is 42.5 Å². The summed E-state index contributed by atoms with van der Waals surface area (Å²) in [7, 11) is 0. The van der Waals surface area contributed by atoms with E-state index in [1.165, 1.54) is 0 Å². The first kappa shape index (κ1) is 12.2. The number of hydrogen-bond acceptors (Lipinski definition) is 2. The smallest absolute Gasteiger partial charge is 0.317 e. The minimum atomic E-state index is -0.0188. The molecule has 2 fully saturated rings. The number of rotatable bonds is 2. The third kappa shape index (κ3) is 3.11. The van der Waals surface area contributed by atoms with Crippen molar-refractivity contribution in [3.8, 4) is 0 Å². The van der Waals surface area contributed by atoms with Gasteiger partial charge < -0.3 is 15.5 Å². The quantitative estimate of drug-likeness (QED) is 0.739. The summed E-state index contributed by atoms with van der Waals surface area (Å²) in [6, 6.07) is 0.323. The van der Waals surface area contributed by atoms with Crippen LogP contribution in [0, 0.1) is 11.8 Å². The molecule has 0 spiro atoms. The predicted octanol–water partition coefficient (Wildman–Crippen LogP) is 0.562. The van der Waals surface area contributed by atoms with E-state index in [9.17, 15) is 9.59 Å². The molecule has 3 amide bonds. The van der Waals surface area contributed by atoms with Crippen molar-refractivity contribution in [1.29, 1.82) is 0 Å². The first-order valence-electron chi connectivity index (χ1n) is 6.40. The zero-order chi connectivity index (χ0) is 12.4. The molecular weight excluding hydrogens is 218 g/mol. The highest BCUT2D eigenvalue weighted by molar-refractivity contribution is 5.79. The van der Waals surface area contributed by atoms with Crippen LogP contribution in [0.4, 0.5) is 4.79 Å². The van der Waals surface area contributed by atoms with E-state index in [4.69, 9.17) is 0 Å². The fourth-order valence-corrected chi connectivity index (χ4v) is 2.34. The minimum absolute atomic E-state index is 0.0188. The molecule has 0 aromatic carbocycles. The molecule has 5 heteroatoms. The van der Waals surface area contributed by atoms with Gasteiger partial charge in [0.2, 0.25) is 5.91 Å². The molecule has 0 radical (unpaired) electrons. The SMILES string of the molecule is CC(C)[C@@H]1C[C@H]1NC(=O)N1CCNC(=O)CC1. The summed E-state index contributed by atoms with van der Waals surface area (Å²) in [5.74, 6) is 1.30. The Kier molecular flexibility index (Phi) is 3.54. The van der Waals surface area contributed by atoms with Gasteiger partial charge in [0.15, 0.2) is 0 Å². The van der Waals surface area contributed by atoms with Crippen LogP contribution in [0.15, 0.2) is 0 Å². The maximum absolute atomic E-state index is 12.0. The topological polar surface area (TPSA) is 61.4 Å². The standard InChI is InChI=1S/C12H21N3O2/c1-8(2)9-7-10(9)14-12(17)15-5-3-11(16)13-4-6-15/h8-10H,3-7H2,1-2H3,(H,13,16)(H,14,17)/t9-,10+/m0/s1. The van der Waals surface area contributed by atoms with Gasteiger partial charge in [-0.15, -0.1) is 0 Å². The fourth-order valence-electron chi connectivity index (χ4n) is 2.34. The van der Waals surface area contributed by atoms with E-state index < -0.39 is 0 Å². The highest BCUT2D eigenvalue weighted by atomic mass is 16.2. The number of urea groups is 1. The molecule has 0 bridgehead atoms. The lowest BCUT2D eigenvalue weighted by atomic mass is 10.1. The highest BCUT2D eigenvalue weighted by Gasteiger charge is 2.40. The normalized spacial score (nSPS) is 28.6. The minimum Gasteiger partial charge on any atom is -0.354 e. The van der Waals surface area contributed by atoms with Gasteiger partial charge in [0.05, 0.1) is 0 Å². The van der Waals surface area contributed by atoms with Gasteiger partial charge in [-0.2, -0.15) is 0 Å². The average Bonchev–Trinajstić information content (AvgIpc) is 3.02. The van der Waals surface area contributed by atoms with Crippen LogP contribution in [-0.2, 0) is 4.79 Å². The van der Waals surface area contributed by atoms with Crippen molar-refractivity contribution in [2.75, 3.05) is 19.6 Å². The van der Waals surface area contributed by atoms with Gasteiger partial charge in [-0.25, -0.2) is 4.79 Å². The van der Waals surface area contributed by atoms with Gasteiger partial charge in [0, 0.05) is 32.1 Å². The Bertz CT molecular complexity index is 317. The number of nitrogens with zero attached hydrogens (tertiary/aromatic N) is 1. The Morgan fingerprint density at radius 3 is 2.88 bits per heavy atom. The first-order chi connectivity index (χ1) is 8.08. The molecule has 17 heavy (non-hydrogen) atoms. The summed E-state index contributed by atoms with van der Waals surface area (Å²) in [6.45, 7) is 6.06. The molecule has 1 heterocycles. The van der Waals surface area contributed by atoms with Crippen LogP contribution in [0.3, 0.4) is 0 Å². The number of carbonyl (C=O) groups excluding carboxylic acids is 2. The van der Waals surface area contributed by atoms with E-state index in [2.05, 4.69) is 24.5 Å². The third-order valence-electron chi connectivity index (χ3n) is 3.60. The van der Waals surface area contributed by atoms with Gasteiger partial charge in [-0.1, -0.05) is 13.8 Å². The van der Waals surface area contributed by atoms with Crippen LogP contribution in [0.1, 0.15) is 26.7 Å². The number of nitrogens with one attached hydrogen (secondary N) is 2. The summed E-state index contributed by atoms with van der Waals surface area (Å²) in [6.07, 6.45) is 1.50. The summed E-state index contributed by atoms with van der Waals surface area (Å²) in [5, 5.41) is 5.81. The van der Waals surface area contributed by atoms with Crippen LogP contribution < -0.4 is 10.6 Å². The zero-order valence-electron chi connectivity index (χ0n) is 10.5. The molecule has 0 unspecified atom stereocenters. The van der Waals surface area contributed by atoms with E-state index in [-0.39, 0.29) is 11.9 Å². The third-order valence-corrected chi connectivity index (χ3v) is 3.60. The molecule has 2 atom stereocenters.